The van der Waals surface area contributed by atoms with Crippen LogP contribution in [0.2, 0.25) is 0 Å². The predicted molar refractivity (Wildman–Crippen MR) is 129 cm³/mol. The van der Waals surface area contributed by atoms with Crippen molar-refractivity contribution in [2.45, 2.75) is 39.5 Å². The largest absolute Gasteiger partial charge is 0.497 e. The molecule has 1 aliphatic heterocycles. The topological polar surface area (TPSA) is 48.3 Å². The number of unbranched alkanes of at least 4 members (excludes halogenated alkanes) is 1. The second kappa shape index (κ2) is 13.4. The molecule has 4 nitrogen and oxygen atoms in total. The normalized spacial score (nSPS) is 15.1. The zero-order valence-electron chi connectivity index (χ0n) is 19.4. The lowest BCUT2D eigenvalue weighted by molar-refractivity contribution is 0.332. The maximum atomic E-state index is 8.82. The molecule has 1 atom stereocenters. The van der Waals surface area contributed by atoms with Gasteiger partial charge in [0.25, 0.3) is 0 Å². The number of nitriles is 1. The molecule has 164 valence electrons. The number of likely N-dealkylation sites (tertiary alicyclic amines) is 1. The second-order valence-corrected chi connectivity index (χ2v) is 7.97. The second-order valence-electron chi connectivity index (χ2n) is 7.97. The molecule has 0 radical (unpaired) electrons. The Hall–Kier alpha value is -2.95. The first-order valence-corrected chi connectivity index (χ1v) is 11.2. The lowest BCUT2D eigenvalue weighted by Gasteiger charge is -2.14. The van der Waals surface area contributed by atoms with E-state index >= 15 is 0 Å². The third-order valence-electron chi connectivity index (χ3n) is 5.37. The van der Waals surface area contributed by atoms with Gasteiger partial charge in [-0.3, -0.25) is 0 Å². The van der Waals surface area contributed by atoms with Crippen molar-refractivity contribution in [1.29, 1.82) is 5.26 Å². The smallest absolute Gasteiger partial charge is 0.120 e. The number of methoxy groups -OCH3 is 1. The maximum absolute atomic E-state index is 8.82. The Morgan fingerprint density at radius 3 is 2.71 bits per heavy atom. The van der Waals surface area contributed by atoms with Crippen LogP contribution in [0.1, 0.15) is 49.8 Å². The summed E-state index contributed by atoms with van der Waals surface area (Å²) in [6.07, 6.45) is 4.41. The highest BCUT2D eigenvalue weighted by Crippen LogP contribution is 2.20. The first kappa shape index (κ1) is 24.3. The Morgan fingerprint density at radius 2 is 2.06 bits per heavy atom. The Morgan fingerprint density at radius 1 is 1.23 bits per heavy atom. The van der Waals surface area contributed by atoms with Crippen LogP contribution in [0, 0.1) is 29.1 Å². The van der Waals surface area contributed by atoms with E-state index in [1.165, 1.54) is 25.1 Å². The molecule has 0 aromatic heterocycles. The third kappa shape index (κ3) is 8.36. The van der Waals surface area contributed by atoms with E-state index in [9.17, 15) is 0 Å². The summed E-state index contributed by atoms with van der Waals surface area (Å²) in [5.74, 6) is 7.97. The van der Waals surface area contributed by atoms with Crippen LogP contribution in [-0.4, -0.2) is 38.7 Å². The van der Waals surface area contributed by atoms with Gasteiger partial charge >= 0.3 is 0 Å². The van der Waals surface area contributed by atoms with Crippen molar-refractivity contribution >= 4 is 5.69 Å². The number of rotatable bonds is 6. The molecule has 1 unspecified atom stereocenters. The highest BCUT2D eigenvalue weighted by molar-refractivity contribution is 5.61. The van der Waals surface area contributed by atoms with Gasteiger partial charge in [0.1, 0.15) is 5.75 Å². The van der Waals surface area contributed by atoms with Gasteiger partial charge in [0.2, 0.25) is 0 Å². The fourth-order valence-corrected chi connectivity index (χ4v) is 3.57. The molecule has 0 spiro atoms. The molecule has 1 N–H and O–H groups in total. The van der Waals surface area contributed by atoms with Crippen LogP contribution in [0.3, 0.4) is 0 Å². The van der Waals surface area contributed by atoms with E-state index in [0.717, 1.165) is 54.3 Å². The number of nitrogens with zero attached hydrogens (tertiary/aromatic N) is 2. The van der Waals surface area contributed by atoms with Crippen LogP contribution in [0.4, 0.5) is 5.69 Å². The number of hydrogen-bond acceptors (Lipinski definition) is 4. The van der Waals surface area contributed by atoms with Gasteiger partial charge in [-0.2, -0.15) is 5.26 Å². The van der Waals surface area contributed by atoms with Crippen LogP contribution in [0.25, 0.3) is 0 Å². The molecular weight excluding hydrogens is 382 g/mol. The van der Waals surface area contributed by atoms with Crippen molar-refractivity contribution in [3.63, 3.8) is 0 Å². The summed E-state index contributed by atoms with van der Waals surface area (Å²) in [6.45, 7) is 8.03. The molecule has 1 fully saturated rings. The van der Waals surface area contributed by atoms with E-state index in [2.05, 4.69) is 48.0 Å². The fraction of sp³-hybridized carbons (Fsp3) is 0.444. The van der Waals surface area contributed by atoms with Crippen molar-refractivity contribution in [1.82, 2.24) is 4.90 Å². The van der Waals surface area contributed by atoms with E-state index in [1.54, 1.807) is 7.11 Å². The maximum Gasteiger partial charge on any atom is 0.120 e. The SMILES string of the molecule is CC1CCN(CCc2cccc(C#N)c2)C1.CCCC#Cc1cc(OC)ccc1NC. The molecule has 1 saturated heterocycles. The van der Waals surface area contributed by atoms with Crippen LogP contribution >= 0.6 is 0 Å². The van der Waals surface area contributed by atoms with Gasteiger partial charge < -0.3 is 15.0 Å². The molecule has 0 bridgehead atoms. The van der Waals surface area contributed by atoms with Crippen LogP contribution < -0.4 is 10.1 Å². The monoisotopic (exact) mass is 417 g/mol. The van der Waals surface area contributed by atoms with E-state index in [1.807, 2.05) is 43.4 Å². The van der Waals surface area contributed by atoms with E-state index in [0.29, 0.717) is 0 Å². The summed E-state index contributed by atoms with van der Waals surface area (Å²) >= 11 is 0. The van der Waals surface area contributed by atoms with Crippen molar-refractivity contribution in [2.75, 3.05) is 39.1 Å². The highest BCUT2D eigenvalue weighted by Gasteiger charge is 2.17. The molecule has 0 saturated carbocycles. The lowest BCUT2D eigenvalue weighted by Crippen LogP contribution is -2.23. The van der Waals surface area contributed by atoms with E-state index < -0.39 is 0 Å². The molecule has 1 heterocycles. The van der Waals surface area contributed by atoms with Gasteiger partial charge in [-0.05, 0) is 67.6 Å². The lowest BCUT2D eigenvalue weighted by atomic mass is 10.1. The quantitative estimate of drug-likeness (QED) is 0.645. The average molecular weight is 418 g/mol. The summed E-state index contributed by atoms with van der Waals surface area (Å²) in [6, 6.07) is 16.0. The molecule has 2 aromatic carbocycles. The number of hydrogen-bond donors (Lipinski definition) is 1. The fourth-order valence-electron chi connectivity index (χ4n) is 3.57. The molecule has 0 amide bonds. The molecule has 2 aromatic rings. The van der Waals surface area contributed by atoms with E-state index in [4.69, 9.17) is 10.00 Å². The number of nitrogens with one attached hydrogen (secondary N) is 1. The van der Waals surface area contributed by atoms with Crippen molar-refractivity contribution in [3.05, 3.63) is 59.2 Å². The zero-order valence-corrected chi connectivity index (χ0v) is 19.4. The van der Waals surface area contributed by atoms with Crippen molar-refractivity contribution in [2.24, 2.45) is 5.92 Å². The van der Waals surface area contributed by atoms with Crippen molar-refractivity contribution in [3.8, 4) is 23.7 Å². The minimum Gasteiger partial charge on any atom is -0.497 e. The van der Waals surface area contributed by atoms with Gasteiger partial charge in [0, 0.05) is 32.2 Å². The molecule has 0 aliphatic carbocycles. The molecular formula is C27H35N3O. The molecule has 1 aliphatic rings. The average Bonchev–Trinajstić information content (AvgIpc) is 3.23. The molecule has 4 heteroatoms. The summed E-state index contributed by atoms with van der Waals surface area (Å²) in [5, 5.41) is 11.9. The highest BCUT2D eigenvalue weighted by atomic mass is 16.5. The van der Waals surface area contributed by atoms with Gasteiger partial charge in [-0.15, -0.1) is 0 Å². The standard InChI is InChI=1S/C14H18N2.C13H17NO/c1-12-5-7-16(11-12)8-6-13-3-2-4-14(9-13)10-15;1-4-5-6-7-11-10-12(15-3)8-9-13(11)14-2/h2-4,9,12H,5-8,11H2,1H3;8-10,14H,4-5H2,1-3H3. The summed E-state index contributed by atoms with van der Waals surface area (Å²) in [7, 11) is 3.56. The Bertz CT molecular complexity index is 920. The van der Waals surface area contributed by atoms with E-state index in [-0.39, 0.29) is 0 Å². The molecule has 3 rings (SSSR count). The number of anilines is 1. The van der Waals surface area contributed by atoms with Crippen LogP contribution in [-0.2, 0) is 6.42 Å². The Kier molecular flexibility index (Phi) is 10.5. The van der Waals surface area contributed by atoms with Gasteiger partial charge in [-0.25, -0.2) is 0 Å². The predicted octanol–water partition coefficient (Wildman–Crippen LogP) is 5.33. The summed E-state index contributed by atoms with van der Waals surface area (Å²) in [4.78, 5) is 2.52. The minimum absolute atomic E-state index is 0.771. The summed E-state index contributed by atoms with van der Waals surface area (Å²) < 4.78 is 5.17. The Balaban J connectivity index is 0.000000221. The van der Waals surface area contributed by atoms with Crippen molar-refractivity contribution < 1.29 is 4.74 Å². The number of ether oxygens (including phenoxy) is 1. The summed E-state index contributed by atoms with van der Waals surface area (Å²) in [5.41, 5.74) is 4.08. The zero-order chi connectivity index (χ0) is 22.5. The number of benzene rings is 2. The van der Waals surface area contributed by atoms with Crippen LogP contribution in [0.5, 0.6) is 5.75 Å². The minimum atomic E-state index is 0.771. The third-order valence-corrected chi connectivity index (χ3v) is 5.37. The Labute approximate surface area is 188 Å². The first-order chi connectivity index (χ1) is 15.1. The van der Waals surface area contributed by atoms with Crippen LogP contribution in [0.15, 0.2) is 42.5 Å². The first-order valence-electron chi connectivity index (χ1n) is 11.2. The van der Waals surface area contributed by atoms with Gasteiger partial charge in [-0.1, -0.05) is 37.8 Å². The van der Waals surface area contributed by atoms with Gasteiger partial charge in [0.15, 0.2) is 0 Å². The van der Waals surface area contributed by atoms with Gasteiger partial charge in [0.05, 0.1) is 24.3 Å². The molecule has 31 heavy (non-hydrogen) atoms.